The van der Waals surface area contributed by atoms with Crippen LogP contribution in [0.15, 0.2) is 36.7 Å². The lowest BCUT2D eigenvalue weighted by atomic mass is 10.4. The molecule has 0 aliphatic carbocycles. The van der Waals surface area contributed by atoms with E-state index in [1.54, 1.807) is 35.9 Å². The van der Waals surface area contributed by atoms with Gasteiger partial charge in [0.05, 0.1) is 4.88 Å². The first-order chi connectivity index (χ1) is 7.40. The fourth-order valence-electron chi connectivity index (χ4n) is 1.12. The standard InChI is InChI=1S/C11H8N2OS/c14-8-1-3-9-4-5-10(15-9)11-12-6-2-7-13-11/h1-8H/b3-1+. The molecule has 0 bridgehead atoms. The molecule has 0 aliphatic rings. The molecule has 2 aromatic rings. The van der Waals surface area contributed by atoms with Gasteiger partial charge in [0, 0.05) is 17.3 Å². The second-order valence-electron chi connectivity index (χ2n) is 2.77. The van der Waals surface area contributed by atoms with Crippen LogP contribution in [0.5, 0.6) is 0 Å². The maximum absolute atomic E-state index is 10.1. The lowest BCUT2D eigenvalue weighted by Gasteiger charge is -1.91. The van der Waals surface area contributed by atoms with Crippen molar-refractivity contribution in [3.63, 3.8) is 0 Å². The van der Waals surface area contributed by atoms with E-state index in [1.807, 2.05) is 12.1 Å². The second-order valence-corrected chi connectivity index (χ2v) is 3.88. The predicted molar refractivity (Wildman–Crippen MR) is 60.4 cm³/mol. The molecule has 15 heavy (non-hydrogen) atoms. The Balaban J connectivity index is 2.28. The maximum Gasteiger partial charge on any atom is 0.169 e. The summed E-state index contributed by atoms with van der Waals surface area (Å²) in [6.07, 6.45) is 7.43. The van der Waals surface area contributed by atoms with E-state index >= 15 is 0 Å². The van der Waals surface area contributed by atoms with Crippen molar-refractivity contribution in [1.29, 1.82) is 0 Å². The Labute approximate surface area is 91.1 Å². The average Bonchev–Trinajstić information content (AvgIpc) is 2.76. The third kappa shape index (κ3) is 2.35. The van der Waals surface area contributed by atoms with E-state index in [0.717, 1.165) is 16.0 Å². The van der Waals surface area contributed by atoms with Crippen LogP contribution in [0.25, 0.3) is 16.8 Å². The highest BCUT2D eigenvalue weighted by atomic mass is 32.1. The molecule has 2 heterocycles. The molecule has 0 saturated carbocycles. The minimum absolute atomic E-state index is 0.716. The molecule has 3 nitrogen and oxygen atoms in total. The van der Waals surface area contributed by atoms with Crippen molar-refractivity contribution in [2.45, 2.75) is 0 Å². The van der Waals surface area contributed by atoms with Crippen LogP contribution in [-0.4, -0.2) is 16.3 Å². The highest BCUT2D eigenvalue weighted by molar-refractivity contribution is 7.16. The summed E-state index contributed by atoms with van der Waals surface area (Å²) in [5.74, 6) is 0.716. The minimum Gasteiger partial charge on any atom is -0.299 e. The molecule has 0 aliphatic heterocycles. The number of carbonyl (C=O) groups is 1. The monoisotopic (exact) mass is 216 g/mol. The summed E-state index contributed by atoms with van der Waals surface area (Å²) < 4.78 is 0. The molecule has 0 N–H and O–H groups in total. The van der Waals surface area contributed by atoms with Crippen LogP contribution in [0.4, 0.5) is 0 Å². The first-order valence-corrected chi connectivity index (χ1v) is 5.21. The van der Waals surface area contributed by atoms with Gasteiger partial charge in [0.15, 0.2) is 5.82 Å². The molecule has 0 aromatic carbocycles. The summed E-state index contributed by atoms with van der Waals surface area (Å²) in [5.41, 5.74) is 0. The van der Waals surface area contributed by atoms with Crippen molar-refractivity contribution in [3.05, 3.63) is 41.5 Å². The lowest BCUT2D eigenvalue weighted by Crippen LogP contribution is -1.81. The number of hydrogen-bond acceptors (Lipinski definition) is 4. The molecule has 0 fully saturated rings. The van der Waals surface area contributed by atoms with Gasteiger partial charge in [0.1, 0.15) is 6.29 Å². The number of aromatic nitrogens is 2. The minimum atomic E-state index is 0.716. The van der Waals surface area contributed by atoms with Crippen molar-refractivity contribution in [2.75, 3.05) is 0 Å². The Hall–Kier alpha value is -1.81. The van der Waals surface area contributed by atoms with Gasteiger partial charge in [-0.05, 0) is 30.4 Å². The summed E-state index contributed by atoms with van der Waals surface area (Å²) in [4.78, 5) is 20.5. The van der Waals surface area contributed by atoms with Gasteiger partial charge in [0.2, 0.25) is 0 Å². The maximum atomic E-state index is 10.1. The molecule has 0 unspecified atom stereocenters. The van der Waals surface area contributed by atoms with E-state index in [2.05, 4.69) is 9.97 Å². The lowest BCUT2D eigenvalue weighted by molar-refractivity contribution is -0.104. The van der Waals surface area contributed by atoms with E-state index in [-0.39, 0.29) is 0 Å². The van der Waals surface area contributed by atoms with Gasteiger partial charge < -0.3 is 0 Å². The quantitative estimate of drug-likeness (QED) is 0.584. The Morgan fingerprint density at radius 2 is 2.00 bits per heavy atom. The summed E-state index contributed by atoms with van der Waals surface area (Å²) in [6, 6.07) is 5.67. The molecule has 2 rings (SSSR count). The van der Waals surface area contributed by atoms with Crippen LogP contribution >= 0.6 is 11.3 Å². The zero-order valence-corrected chi connectivity index (χ0v) is 8.65. The van der Waals surface area contributed by atoms with Gasteiger partial charge in [-0.3, -0.25) is 4.79 Å². The van der Waals surface area contributed by atoms with Gasteiger partial charge >= 0.3 is 0 Å². The highest BCUT2D eigenvalue weighted by Gasteiger charge is 2.02. The number of thiophene rings is 1. The predicted octanol–water partition coefficient (Wildman–Crippen LogP) is 2.42. The molecule has 0 radical (unpaired) electrons. The van der Waals surface area contributed by atoms with Gasteiger partial charge in [-0.15, -0.1) is 11.3 Å². The number of hydrogen-bond donors (Lipinski definition) is 0. The average molecular weight is 216 g/mol. The third-order valence-corrected chi connectivity index (χ3v) is 2.80. The van der Waals surface area contributed by atoms with Crippen molar-refractivity contribution in [1.82, 2.24) is 9.97 Å². The van der Waals surface area contributed by atoms with Crippen LogP contribution in [0.2, 0.25) is 0 Å². The number of rotatable bonds is 3. The molecular weight excluding hydrogens is 208 g/mol. The first kappa shape index (κ1) is 9.73. The van der Waals surface area contributed by atoms with Crippen molar-refractivity contribution in [2.24, 2.45) is 0 Å². The molecule has 0 saturated heterocycles. The van der Waals surface area contributed by atoms with Crippen LogP contribution in [0, 0.1) is 0 Å². The van der Waals surface area contributed by atoms with Crippen molar-refractivity contribution < 1.29 is 4.79 Å². The third-order valence-electron chi connectivity index (χ3n) is 1.75. The SMILES string of the molecule is O=C/C=C/c1ccc(-c2ncccn2)s1. The van der Waals surface area contributed by atoms with Crippen molar-refractivity contribution in [3.8, 4) is 10.7 Å². The zero-order chi connectivity index (χ0) is 10.5. The topological polar surface area (TPSA) is 42.9 Å². The van der Waals surface area contributed by atoms with Crippen molar-refractivity contribution >= 4 is 23.7 Å². The van der Waals surface area contributed by atoms with E-state index in [4.69, 9.17) is 0 Å². The largest absolute Gasteiger partial charge is 0.299 e. The molecule has 74 valence electrons. The van der Waals surface area contributed by atoms with Crippen LogP contribution < -0.4 is 0 Å². The number of nitrogens with zero attached hydrogens (tertiary/aromatic N) is 2. The molecule has 2 aromatic heterocycles. The Kier molecular flexibility index (Phi) is 2.99. The highest BCUT2D eigenvalue weighted by Crippen LogP contribution is 2.25. The number of carbonyl (C=O) groups excluding carboxylic acids is 1. The molecule has 0 spiro atoms. The Morgan fingerprint density at radius 3 is 2.73 bits per heavy atom. The first-order valence-electron chi connectivity index (χ1n) is 4.39. The van der Waals surface area contributed by atoms with Gasteiger partial charge in [-0.2, -0.15) is 0 Å². The molecular formula is C11H8N2OS. The summed E-state index contributed by atoms with van der Waals surface area (Å²) >= 11 is 1.56. The van der Waals surface area contributed by atoms with Gasteiger partial charge in [-0.1, -0.05) is 0 Å². The normalized spacial score (nSPS) is 10.7. The van der Waals surface area contributed by atoms with Crippen LogP contribution in [0.1, 0.15) is 4.88 Å². The number of allylic oxidation sites excluding steroid dienone is 1. The fraction of sp³-hybridized carbons (Fsp3) is 0. The van der Waals surface area contributed by atoms with E-state index in [1.165, 1.54) is 6.08 Å². The Morgan fingerprint density at radius 1 is 1.20 bits per heavy atom. The zero-order valence-electron chi connectivity index (χ0n) is 7.83. The van der Waals surface area contributed by atoms with Crippen LogP contribution in [0.3, 0.4) is 0 Å². The Bertz CT molecular complexity index is 476. The van der Waals surface area contributed by atoms with Crippen LogP contribution in [-0.2, 0) is 4.79 Å². The summed E-state index contributed by atoms with van der Waals surface area (Å²) in [6.45, 7) is 0. The fourth-order valence-corrected chi connectivity index (χ4v) is 1.99. The van der Waals surface area contributed by atoms with E-state index in [9.17, 15) is 4.79 Å². The summed E-state index contributed by atoms with van der Waals surface area (Å²) in [7, 11) is 0. The smallest absolute Gasteiger partial charge is 0.169 e. The van der Waals surface area contributed by atoms with Gasteiger partial charge in [0.25, 0.3) is 0 Å². The van der Waals surface area contributed by atoms with E-state index in [0.29, 0.717) is 5.82 Å². The van der Waals surface area contributed by atoms with Gasteiger partial charge in [-0.25, -0.2) is 9.97 Å². The molecule has 0 atom stereocenters. The molecule has 0 amide bonds. The number of aldehydes is 1. The molecule has 4 heteroatoms. The second kappa shape index (κ2) is 4.61. The summed E-state index contributed by atoms with van der Waals surface area (Å²) in [5, 5.41) is 0. The van der Waals surface area contributed by atoms with E-state index < -0.39 is 0 Å².